The van der Waals surface area contributed by atoms with Crippen LogP contribution >= 0.6 is 0 Å². The number of anilines is 2. The van der Waals surface area contributed by atoms with Crippen LogP contribution in [0.2, 0.25) is 0 Å². The van der Waals surface area contributed by atoms with Crippen LogP contribution < -0.4 is 10.0 Å². The van der Waals surface area contributed by atoms with Crippen molar-refractivity contribution in [3.05, 3.63) is 120 Å². The van der Waals surface area contributed by atoms with Crippen molar-refractivity contribution in [3.63, 3.8) is 0 Å². The number of aromatic carboxylic acids is 2. The number of para-hydroxylation sites is 2. The first-order chi connectivity index (χ1) is 23.2. The van der Waals surface area contributed by atoms with Gasteiger partial charge in [0.25, 0.3) is 11.8 Å². The molecule has 2 aliphatic rings. The summed E-state index contributed by atoms with van der Waals surface area (Å²) in [6, 6.07) is 28.8. The summed E-state index contributed by atoms with van der Waals surface area (Å²) in [7, 11) is 0. The Hall–Kier alpha value is -6.17. The number of azo groups is 2. The fourth-order valence-electron chi connectivity index (χ4n) is 4.61. The molecule has 2 aliphatic heterocycles. The number of nitrogens with zero attached hydrogens (tertiary/aromatic N) is 8. The Labute approximate surface area is 290 Å². The molecular formula is C34H28CrN8O6. The minimum Gasteiger partial charge on any atom is -0.478 e. The van der Waals surface area contributed by atoms with Crippen LogP contribution in [0.15, 0.2) is 140 Å². The molecule has 49 heavy (non-hydrogen) atoms. The van der Waals surface area contributed by atoms with Gasteiger partial charge in [-0.3, -0.25) is 9.59 Å². The van der Waals surface area contributed by atoms with Crippen LogP contribution in [0.4, 0.5) is 22.7 Å². The van der Waals surface area contributed by atoms with Gasteiger partial charge < -0.3 is 10.2 Å². The van der Waals surface area contributed by atoms with Crippen LogP contribution in [0, 0.1) is 0 Å². The van der Waals surface area contributed by atoms with Gasteiger partial charge in [0.15, 0.2) is 12.1 Å². The van der Waals surface area contributed by atoms with E-state index in [2.05, 4.69) is 30.7 Å². The van der Waals surface area contributed by atoms with Crippen LogP contribution in [0.3, 0.4) is 0 Å². The fraction of sp³-hybridized carbons (Fsp3) is 0.118. The quantitative estimate of drug-likeness (QED) is 0.197. The summed E-state index contributed by atoms with van der Waals surface area (Å²) < 4.78 is 0. The van der Waals surface area contributed by atoms with E-state index in [0.29, 0.717) is 22.8 Å². The molecular weight excluding hydrogens is 668 g/mol. The van der Waals surface area contributed by atoms with E-state index in [1.807, 2.05) is 36.4 Å². The second-order valence-corrected chi connectivity index (χ2v) is 10.3. The number of carboxylic acid groups (broad SMARTS) is 2. The molecule has 0 saturated heterocycles. The molecule has 14 nitrogen and oxygen atoms in total. The number of benzene rings is 4. The van der Waals surface area contributed by atoms with Gasteiger partial charge in [-0.2, -0.15) is 40.7 Å². The van der Waals surface area contributed by atoms with E-state index in [1.54, 1.807) is 62.4 Å². The Morgan fingerprint density at radius 1 is 0.571 bits per heavy atom. The molecule has 0 aromatic heterocycles. The number of amides is 2. The van der Waals surface area contributed by atoms with Crippen molar-refractivity contribution in [2.24, 2.45) is 30.7 Å². The van der Waals surface area contributed by atoms with Crippen molar-refractivity contribution in [1.29, 1.82) is 0 Å². The molecule has 4 aromatic carbocycles. The maximum Gasteiger partial charge on any atom is 0.337 e. The van der Waals surface area contributed by atoms with Crippen molar-refractivity contribution in [2.45, 2.75) is 25.9 Å². The maximum atomic E-state index is 12.5. The standard InChI is InChI=1S/2C17H14N4O3.Cr/c2*1-11-15(16(22)21(20-11)12-7-3-2-4-8-12)19-18-14-10-6-5-9-13(14)17(23)24;/h2*2-10,15H,1H3,(H,23,24);. The van der Waals surface area contributed by atoms with Crippen LogP contribution in [0.1, 0.15) is 34.6 Å². The summed E-state index contributed by atoms with van der Waals surface area (Å²) in [5, 5.41) is 45.2. The summed E-state index contributed by atoms with van der Waals surface area (Å²) in [5.74, 6) is -2.84. The summed E-state index contributed by atoms with van der Waals surface area (Å²) in [6.07, 6.45) is 0. The molecule has 4 aromatic rings. The molecule has 15 heteroatoms. The summed E-state index contributed by atoms with van der Waals surface area (Å²) in [5.41, 5.74) is 2.74. The average Bonchev–Trinajstić information content (AvgIpc) is 3.55. The third-order valence-electron chi connectivity index (χ3n) is 7.02. The van der Waals surface area contributed by atoms with Crippen LogP contribution in [-0.4, -0.2) is 57.5 Å². The molecule has 0 aliphatic carbocycles. The molecule has 0 fully saturated rings. The zero-order chi connectivity index (χ0) is 34.2. The Kier molecular flexibility index (Phi) is 11.7. The van der Waals surface area contributed by atoms with Crippen LogP contribution in [-0.2, 0) is 27.0 Å². The van der Waals surface area contributed by atoms with E-state index < -0.39 is 24.0 Å². The topological polar surface area (TPSA) is 189 Å². The zero-order valence-electron chi connectivity index (χ0n) is 26.1. The van der Waals surface area contributed by atoms with Gasteiger partial charge in [0.1, 0.15) is 0 Å². The summed E-state index contributed by atoms with van der Waals surface area (Å²) in [4.78, 5) is 47.4. The fourth-order valence-corrected chi connectivity index (χ4v) is 4.61. The molecule has 0 bridgehead atoms. The van der Waals surface area contributed by atoms with Crippen molar-refractivity contribution >= 4 is 57.9 Å². The SMILES string of the molecule is CC1=NN(c2ccccc2)C(=O)C1N=Nc1ccccc1C(=O)O.CC1=NN(c2ccccc2)C(=O)C1N=Nc1ccccc1C(=O)O.[Cr]. The summed E-state index contributed by atoms with van der Waals surface area (Å²) >= 11 is 0. The third-order valence-corrected chi connectivity index (χ3v) is 7.02. The largest absolute Gasteiger partial charge is 0.478 e. The third kappa shape index (κ3) is 8.22. The molecule has 2 amide bonds. The predicted molar refractivity (Wildman–Crippen MR) is 177 cm³/mol. The Morgan fingerprint density at radius 3 is 1.24 bits per heavy atom. The molecule has 246 valence electrons. The van der Waals surface area contributed by atoms with Crippen molar-refractivity contribution < 1.29 is 46.8 Å². The predicted octanol–water partition coefficient (Wildman–Crippen LogP) is 6.52. The van der Waals surface area contributed by atoms with E-state index in [9.17, 15) is 19.2 Å². The first-order valence-electron chi connectivity index (χ1n) is 14.5. The first-order valence-corrected chi connectivity index (χ1v) is 14.5. The van der Waals surface area contributed by atoms with Crippen molar-refractivity contribution in [1.82, 2.24) is 0 Å². The molecule has 0 saturated carbocycles. The number of hydrogen-bond acceptors (Lipinski definition) is 10. The zero-order valence-corrected chi connectivity index (χ0v) is 27.3. The summed E-state index contributed by atoms with van der Waals surface area (Å²) in [6.45, 7) is 3.38. The molecule has 0 spiro atoms. The minimum absolute atomic E-state index is 0. The number of hydrazone groups is 2. The number of carboxylic acids is 2. The molecule has 0 radical (unpaired) electrons. The van der Waals surface area contributed by atoms with Gasteiger partial charge in [-0.05, 0) is 62.4 Å². The number of carbonyl (C=O) groups is 4. The Bertz CT molecular complexity index is 1840. The van der Waals surface area contributed by atoms with Gasteiger partial charge in [0, 0.05) is 17.4 Å². The monoisotopic (exact) mass is 696 g/mol. The first kappa shape index (κ1) is 35.7. The molecule has 6 rings (SSSR count). The van der Waals surface area contributed by atoms with Crippen LogP contribution in [0.5, 0.6) is 0 Å². The average molecular weight is 697 g/mol. The van der Waals surface area contributed by atoms with Crippen molar-refractivity contribution in [3.8, 4) is 0 Å². The number of carbonyl (C=O) groups excluding carboxylic acids is 2. The van der Waals surface area contributed by atoms with Gasteiger partial charge in [0.2, 0.25) is 0 Å². The van der Waals surface area contributed by atoms with Gasteiger partial charge in [-0.15, -0.1) is 0 Å². The van der Waals surface area contributed by atoms with Crippen molar-refractivity contribution in [2.75, 3.05) is 10.0 Å². The maximum absolute atomic E-state index is 12.5. The smallest absolute Gasteiger partial charge is 0.337 e. The van der Waals surface area contributed by atoms with Gasteiger partial charge in [0.05, 0.1) is 45.3 Å². The Morgan fingerprint density at radius 2 is 0.898 bits per heavy atom. The molecule has 2 heterocycles. The van der Waals surface area contributed by atoms with E-state index in [1.165, 1.54) is 34.3 Å². The second-order valence-electron chi connectivity index (χ2n) is 10.3. The minimum atomic E-state index is -1.10. The molecule has 2 N–H and O–H groups in total. The van der Waals surface area contributed by atoms with E-state index in [0.717, 1.165) is 0 Å². The van der Waals surface area contributed by atoms with E-state index >= 15 is 0 Å². The van der Waals surface area contributed by atoms with E-state index in [4.69, 9.17) is 10.2 Å². The van der Waals surface area contributed by atoms with Gasteiger partial charge in [-0.25, -0.2) is 9.59 Å². The molecule has 2 unspecified atom stereocenters. The Balaban J connectivity index is 0.000000216. The second kappa shape index (κ2) is 16.1. The number of hydrogen-bond donors (Lipinski definition) is 2. The van der Waals surface area contributed by atoms with Crippen LogP contribution in [0.25, 0.3) is 0 Å². The molecule has 2 atom stereocenters. The van der Waals surface area contributed by atoms with Gasteiger partial charge >= 0.3 is 11.9 Å². The normalized spacial score (nSPS) is 17.0. The van der Waals surface area contributed by atoms with Gasteiger partial charge in [-0.1, -0.05) is 60.7 Å². The van der Waals surface area contributed by atoms with E-state index in [-0.39, 0.29) is 51.7 Å². The number of rotatable bonds is 8.